The van der Waals surface area contributed by atoms with Crippen LogP contribution in [0.2, 0.25) is 0 Å². The highest BCUT2D eigenvalue weighted by atomic mass is 16.5. The summed E-state index contributed by atoms with van der Waals surface area (Å²) in [5.41, 5.74) is 3.45. The number of benzene rings is 2. The lowest BCUT2D eigenvalue weighted by Gasteiger charge is -2.10. The van der Waals surface area contributed by atoms with E-state index >= 15 is 0 Å². The van der Waals surface area contributed by atoms with Crippen LogP contribution in [0.1, 0.15) is 5.82 Å². The summed E-state index contributed by atoms with van der Waals surface area (Å²) in [6, 6.07) is 15.6. The van der Waals surface area contributed by atoms with Crippen molar-refractivity contribution in [1.82, 2.24) is 19.6 Å². The Balaban J connectivity index is 1.91. The molecule has 6 nitrogen and oxygen atoms in total. The van der Waals surface area contributed by atoms with Crippen molar-refractivity contribution in [3.05, 3.63) is 54.4 Å². The van der Waals surface area contributed by atoms with E-state index in [-0.39, 0.29) is 0 Å². The van der Waals surface area contributed by atoms with Gasteiger partial charge in [0, 0.05) is 11.8 Å². The van der Waals surface area contributed by atoms with Crippen molar-refractivity contribution in [2.75, 3.05) is 12.4 Å². The van der Waals surface area contributed by atoms with E-state index in [2.05, 4.69) is 15.5 Å². The Kier molecular flexibility index (Phi) is 3.08. The molecule has 2 aromatic heterocycles. The molecule has 0 spiro atoms. The molecule has 114 valence electrons. The molecule has 0 aliphatic carbocycles. The molecule has 0 amide bonds. The molecule has 23 heavy (non-hydrogen) atoms. The number of nitrogens with one attached hydrogen (secondary N) is 1. The minimum Gasteiger partial charge on any atom is -0.497 e. The molecule has 1 N–H and O–H groups in total. The number of hydrogen-bond donors (Lipinski definition) is 1. The minimum atomic E-state index is 0.664. The largest absolute Gasteiger partial charge is 0.497 e. The normalized spacial score (nSPS) is 11.0. The quantitative estimate of drug-likeness (QED) is 0.629. The van der Waals surface area contributed by atoms with E-state index in [0.717, 1.165) is 28.3 Å². The molecule has 6 heteroatoms. The van der Waals surface area contributed by atoms with E-state index in [9.17, 15) is 0 Å². The Morgan fingerprint density at radius 1 is 1.04 bits per heavy atom. The molecular formula is C17H15N5O. The van der Waals surface area contributed by atoms with E-state index < -0.39 is 0 Å². The van der Waals surface area contributed by atoms with E-state index in [0.29, 0.717) is 11.5 Å². The Hall–Kier alpha value is -3.15. The first-order valence-electron chi connectivity index (χ1n) is 7.28. The van der Waals surface area contributed by atoms with Gasteiger partial charge in [-0.05, 0) is 31.2 Å². The highest BCUT2D eigenvalue weighted by molar-refractivity contribution is 5.84. The highest BCUT2D eigenvalue weighted by Gasteiger charge is 2.13. The van der Waals surface area contributed by atoms with Crippen LogP contribution in [0.5, 0.6) is 5.75 Å². The summed E-state index contributed by atoms with van der Waals surface area (Å²) in [6.07, 6.45) is 0. The predicted molar refractivity (Wildman–Crippen MR) is 89.3 cm³/mol. The second kappa shape index (κ2) is 5.24. The van der Waals surface area contributed by atoms with Crippen LogP contribution in [0.15, 0.2) is 48.5 Å². The van der Waals surface area contributed by atoms with Crippen LogP contribution in [0.4, 0.5) is 11.5 Å². The second-order valence-electron chi connectivity index (χ2n) is 5.21. The number of aryl methyl sites for hydroxylation is 1. The summed E-state index contributed by atoms with van der Waals surface area (Å²) in [5, 5.41) is 11.8. The third kappa shape index (κ3) is 2.24. The average Bonchev–Trinajstić information content (AvgIpc) is 2.98. The van der Waals surface area contributed by atoms with Gasteiger partial charge in [-0.15, -0.1) is 10.2 Å². The van der Waals surface area contributed by atoms with E-state index in [1.165, 1.54) is 0 Å². The van der Waals surface area contributed by atoms with Gasteiger partial charge in [0.05, 0.1) is 18.1 Å². The number of nitrogens with zero attached hydrogens (tertiary/aromatic N) is 4. The van der Waals surface area contributed by atoms with Crippen molar-refractivity contribution in [3.63, 3.8) is 0 Å². The maximum Gasteiger partial charge on any atom is 0.204 e. The zero-order valence-corrected chi connectivity index (χ0v) is 12.8. The Morgan fingerprint density at radius 3 is 2.78 bits per heavy atom. The van der Waals surface area contributed by atoms with Crippen LogP contribution < -0.4 is 10.1 Å². The molecule has 2 aromatic carbocycles. The number of rotatable bonds is 3. The third-order valence-electron chi connectivity index (χ3n) is 3.72. The van der Waals surface area contributed by atoms with Crippen LogP contribution in [0.3, 0.4) is 0 Å². The summed E-state index contributed by atoms with van der Waals surface area (Å²) in [4.78, 5) is 4.69. The van der Waals surface area contributed by atoms with Gasteiger partial charge in [-0.25, -0.2) is 4.98 Å². The van der Waals surface area contributed by atoms with Crippen LogP contribution >= 0.6 is 0 Å². The molecule has 0 unspecified atom stereocenters. The topological polar surface area (TPSA) is 64.3 Å². The molecule has 0 fully saturated rings. The lowest BCUT2D eigenvalue weighted by Crippen LogP contribution is -2.01. The van der Waals surface area contributed by atoms with Gasteiger partial charge in [0.2, 0.25) is 5.65 Å². The summed E-state index contributed by atoms with van der Waals surface area (Å²) in [6.45, 7) is 1.93. The maximum atomic E-state index is 5.26. The van der Waals surface area contributed by atoms with Gasteiger partial charge in [-0.1, -0.05) is 18.2 Å². The third-order valence-corrected chi connectivity index (χ3v) is 3.72. The number of para-hydroxylation sites is 2. The maximum absolute atomic E-state index is 5.26. The van der Waals surface area contributed by atoms with E-state index in [1.54, 1.807) is 7.11 Å². The molecular weight excluding hydrogens is 290 g/mol. The van der Waals surface area contributed by atoms with Gasteiger partial charge >= 0.3 is 0 Å². The summed E-state index contributed by atoms with van der Waals surface area (Å²) >= 11 is 0. The number of hydrogen-bond acceptors (Lipinski definition) is 5. The van der Waals surface area contributed by atoms with Gasteiger partial charge in [0.1, 0.15) is 11.6 Å². The van der Waals surface area contributed by atoms with Crippen molar-refractivity contribution < 1.29 is 4.74 Å². The second-order valence-corrected chi connectivity index (χ2v) is 5.21. The van der Waals surface area contributed by atoms with Crippen molar-refractivity contribution >= 4 is 28.2 Å². The molecule has 0 saturated carbocycles. The Bertz CT molecular complexity index is 1010. The van der Waals surface area contributed by atoms with Crippen molar-refractivity contribution in [2.24, 2.45) is 0 Å². The van der Waals surface area contributed by atoms with Crippen molar-refractivity contribution in [1.29, 1.82) is 0 Å². The van der Waals surface area contributed by atoms with E-state index in [4.69, 9.17) is 9.72 Å². The standard InChI is InChI=1S/C17H15N5O/c1-11-20-21-17-16(18-12-6-5-7-13(10-12)23-2)19-14-8-3-4-9-15(14)22(11)17/h3-10H,1-2H3,(H,18,19). The van der Waals surface area contributed by atoms with Crippen LogP contribution in [-0.4, -0.2) is 26.7 Å². The zero-order chi connectivity index (χ0) is 15.8. The minimum absolute atomic E-state index is 0.664. The SMILES string of the molecule is COc1cccc(Nc2nc3ccccc3n3c(C)nnc23)c1. The number of anilines is 2. The molecule has 0 aliphatic rings. The zero-order valence-electron chi connectivity index (χ0n) is 12.8. The molecule has 0 saturated heterocycles. The molecule has 0 atom stereocenters. The fraction of sp³-hybridized carbons (Fsp3) is 0.118. The molecule has 0 bridgehead atoms. The highest BCUT2D eigenvalue weighted by Crippen LogP contribution is 2.25. The lowest BCUT2D eigenvalue weighted by atomic mass is 10.3. The first-order valence-corrected chi connectivity index (χ1v) is 7.28. The average molecular weight is 305 g/mol. The van der Waals surface area contributed by atoms with Crippen LogP contribution in [0.25, 0.3) is 16.7 Å². The predicted octanol–water partition coefficient (Wildman–Crippen LogP) is 3.34. The first-order chi connectivity index (χ1) is 11.3. The number of methoxy groups -OCH3 is 1. The van der Waals surface area contributed by atoms with Crippen molar-refractivity contribution in [3.8, 4) is 5.75 Å². The van der Waals surface area contributed by atoms with Gasteiger partial charge in [-0.2, -0.15) is 0 Å². The molecule has 0 radical (unpaired) electrons. The molecule has 4 aromatic rings. The summed E-state index contributed by atoms with van der Waals surface area (Å²) in [7, 11) is 1.65. The monoisotopic (exact) mass is 305 g/mol. The number of ether oxygens (including phenoxy) is 1. The fourth-order valence-corrected chi connectivity index (χ4v) is 2.64. The fourth-order valence-electron chi connectivity index (χ4n) is 2.64. The Morgan fingerprint density at radius 2 is 1.91 bits per heavy atom. The van der Waals surface area contributed by atoms with Crippen LogP contribution in [0, 0.1) is 6.92 Å². The molecule has 2 heterocycles. The van der Waals surface area contributed by atoms with E-state index in [1.807, 2.05) is 59.9 Å². The molecule has 4 rings (SSSR count). The van der Waals surface area contributed by atoms with Crippen molar-refractivity contribution in [2.45, 2.75) is 6.92 Å². The summed E-state index contributed by atoms with van der Waals surface area (Å²) < 4.78 is 7.27. The number of aromatic nitrogens is 4. The first kappa shape index (κ1) is 13.5. The van der Waals surface area contributed by atoms with Gasteiger partial charge < -0.3 is 10.1 Å². The Labute approximate surface area is 132 Å². The van der Waals surface area contributed by atoms with Gasteiger partial charge in [0.15, 0.2) is 5.82 Å². The van der Waals surface area contributed by atoms with Gasteiger partial charge in [-0.3, -0.25) is 4.40 Å². The number of fused-ring (bicyclic) bond motifs is 3. The lowest BCUT2D eigenvalue weighted by molar-refractivity contribution is 0.415. The summed E-state index contributed by atoms with van der Waals surface area (Å²) in [5.74, 6) is 2.27. The van der Waals surface area contributed by atoms with Crippen LogP contribution in [-0.2, 0) is 0 Å². The smallest absolute Gasteiger partial charge is 0.204 e. The van der Waals surface area contributed by atoms with Gasteiger partial charge in [0.25, 0.3) is 0 Å². The molecule has 0 aliphatic heterocycles.